The molecule has 242 valence electrons. The first-order chi connectivity index (χ1) is 21.9. The Hall–Kier alpha value is -3.54. The van der Waals surface area contributed by atoms with Gasteiger partial charge in [-0.3, -0.25) is 0 Å². The number of aryl methyl sites for hydroxylation is 4. The van der Waals surface area contributed by atoms with Gasteiger partial charge in [-0.1, -0.05) is 0 Å². The summed E-state index contributed by atoms with van der Waals surface area (Å²) in [5.41, 5.74) is 7.92. The van der Waals surface area contributed by atoms with E-state index in [9.17, 15) is 0 Å². The number of rotatable bonds is 16. The first-order valence-electron chi connectivity index (χ1n) is 15.2. The van der Waals surface area contributed by atoms with Crippen molar-refractivity contribution in [2.75, 3.05) is 41.7 Å². The lowest BCUT2D eigenvalue weighted by Crippen LogP contribution is -2.06. The molecule has 2 aromatic heterocycles. The fourth-order valence-electron chi connectivity index (χ4n) is 5.58. The highest BCUT2D eigenvalue weighted by atomic mass is 32.1. The molecule has 5 rings (SSSR count). The van der Waals surface area contributed by atoms with E-state index in [-0.39, 0.29) is 12.2 Å². The minimum Gasteiger partial charge on any atom is -0.493 e. The van der Waals surface area contributed by atoms with E-state index < -0.39 is 0 Å². The van der Waals surface area contributed by atoms with Crippen LogP contribution in [-0.2, 0) is 17.6 Å². The van der Waals surface area contributed by atoms with Crippen molar-refractivity contribution in [1.29, 1.82) is 0 Å². The second-order valence-electron chi connectivity index (χ2n) is 10.8. The topological polar surface area (TPSA) is 90.4 Å². The molecule has 0 N–H and O–H groups in total. The highest BCUT2D eigenvalue weighted by Crippen LogP contribution is 2.48. The average molecular weight is 655 g/mol. The average Bonchev–Trinajstić information content (AvgIpc) is 3.82. The lowest BCUT2D eigenvalue weighted by molar-refractivity contribution is 0.0434. The molecule has 0 amide bonds. The van der Waals surface area contributed by atoms with E-state index in [1.54, 1.807) is 51.1 Å². The summed E-state index contributed by atoms with van der Waals surface area (Å²) in [6.07, 6.45) is 4.98. The standard InChI is InChI=1S/C34H42N2O7S2/c1-21-31(44-19-35-21)9-7-13-41-29-17-23(15-27(37-3)33(29)39-5)25-11-12-26(43-25)24-16-28(38-4)34(40-6)30(18-24)42-14-8-10-32-22(2)36-20-45-32/h15-20,25-26H,7-14H2,1-6H3/t25-,26+. The van der Waals surface area contributed by atoms with Crippen molar-refractivity contribution in [3.8, 4) is 34.5 Å². The van der Waals surface area contributed by atoms with Gasteiger partial charge in [-0.25, -0.2) is 9.97 Å². The van der Waals surface area contributed by atoms with Crippen LogP contribution in [0.4, 0.5) is 0 Å². The van der Waals surface area contributed by atoms with Crippen LogP contribution in [0.25, 0.3) is 0 Å². The Bertz CT molecular complexity index is 1440. The maximum absolute atomic E-state index is 6.65. The fourth-order valence-corrected chi connectivity index (χ4v) is 7.22. The Labute approximate surface area is 273 Å². The molecule has 2 atom stereocenters. The molecule has 1 aliphatic rings. The van der Waals surface area contributed by atoms with Crippen LogP contribution in [-0.4, -0.2) is 51.6 Å². The van der Waals surface area contributed by atoms with Gasteiger partial charge in [0.25, 0.3) is 0 Å². The molecule has 0 bridgehead atoms. The molecule has 0 saturated carbocycles. The minimum atomic E-state index is -0.142. The number of aromatic nitrogens is 2. The van der Waals surface area contributed by atoms with Gasteiger partial charge < -0.3 is 33.2 Å². The van der Waals surface area contributed by atoms with Crippen LogP contribution < -0.4 is 28.4 Å². The van der Waals surface area contributed by atoms with Crippen LogP contribution >= 0.6 is 22.7 Å². The highest BCUT2D eigenvalue weighted by molar-refractivity contribution is 7.10. The Morgan fingerprint density at radius 3 is 1.42 bits per heavy atom. The van der Waals surface area contributed by atoms with Gasteiger partial charge in [-0.15, -0.1) is 22.7 Å². The van der Waals surface area contributed by atoms with Gasteiger partial charge >= 0.3 is 0 Å². The van der Waals surface area contributed by atoms with Gasteiger partial charge in [0, 0.05) is 9.75 Å². The number of nitrogens with zero attached hydrogens (tertiary/aromatic N) is 2. The summed E-state index contributed by atoms with van der Waals surface area (Å²) in [5, 5.41) is 0. The van der Waals surface area contributed by atoms with Crippen LogP contribution in [0.3, 0.4) is 0 Å². The largest absolute Gasteiger partial charge is 0.493 e. The van der Waals surface area contributed by atoms with Gasteiger partial charge in [0.05, 0.1) is 76.3 Å². The number of methoxy groups -OCH3 is 4. The molecule has 1 aliphatic heterocycles. The first kappa shape index (κ1) is 32.8. The van der Waals surface area contributed by atoms with Crippen LogP contribution in [0.5, 0.6) is 34.5 Å². The van der Waals surface area contributed by atoms with Crippen molar-refractivity contribution in [2.45, 2.75) is 64.6 Å². The van der Waals surface area contributed by atoms with Gasteiger partial charge in [-0.05, 0) is 87.8 Å². The van der Waals surface area contributed by atoms with Crippen LogP contribution in [0.15, 0.2) is 35.3 Å². The van der Waals surface area contributed by atoms with Crippen molar-refractivity contribution < 1.29 is 33.2 Å². The van der Waals surface area contributed by atoms with Crippen molar-refractivity contribution in [2.24, 2.45) is 0 Å². The molecule has 1 saturated heterocycles. The predicted molar refractivity (Wildman–Crippen MR) is 176 cm³/mol. The Morgan fingerprint density at radius 2 is 1.07 bits per heavy atom. The molecule has 9 nitrogen and oxygen atoms in total. The Balaban J connectivity index is 1.28. The molecule has 0 unspecified atom stereocenters. The lowest BCUT2D eigenvalue weighted by Gasteiger charge is -2.20. The van der Waals surface area contributed by atoms with Crippen molar-refractivity contribution >= 4 is 22.7 Å². The van der Waals surface area contributed by atoms with Crippen molar-refractivity contribution in [1.82, 2.24) is 9.97 Å². The van der Waals surface area contributed by atoms with Crippen LogP contribution in [0.2, 0.25) is 0 Å². The molecule has 1 fully saturated rings. The molecule has 4 aromatic rings. The summed E-state index contributed by atoms with van der Waals surface area (Å²) < 4.78 is 41.9. The quantitative estimate of drug-likeness (QED) is 0.112. The van der Waals surface area contributed by atoms with Gasteiger partial charge in [-0.2, -0.15) is 0 Å². The Kier molecular flexibility index (Phi) is 11.4. The molecule has 3 heterocycles. The zero-order valence-corrected chi connectivity index (χ0v) is 28.5. The SMILES string of the molecule is COc1cc([C@@H]2CC[C@H](c3cc(OC)c(OC)c(OCCCc4scnc4C)c3)O2)cc(OCCCc2scnc2C)c1OC. The van der Waals surface area contributed by atoms with E-state index >= 15 is 0 Å². The molecule has 0 aliphatic carbocycles. The number of thiazole rings is 2. The summed E-state index contributed by atoms with van der Waals surface area (Å²) in [7, 11) is 6.54. The van der Waals surface area contributed by atoms with Crippen LogP contribution in [0, 0.1) is 13.8 Å². The van der Waals surface area contributed by atoms with Gasteiger partial charge in [0.1, 0.15) is 0 Å². The van der Waals surface area contributed by atoms with E-state index in [0.717, 1.165) is 61.0 Å². The third-order valence-corrected chi connectivity index (χ3v) is 9.99. The molecular formula is C34H42N2O7S2. The smallest absolute Gasteiger partial charge is 0.203 e. The highest BCUT2D eigenvalue weighted by Gasteiger charge is 2.31. The fraction of sp³-hybridized carbons (Fsp3) is 0.471. The molecule has 2 aromatic carbocycles. The van der Waals surface area contributed by atoms with E-state index in [4.69, 9.17) is 33.2 Å². The normalized spacial score (nSPS) is 16.0. The lowest BCUT2D eigenvalue weighted by atomic mass is 10.0. The maximum Gasteiger partial charge on any atom is 0.203 e. The number of hydrogen-bond donors (Lipinski definition) is 0. The summed E-state index contributed by atoms with van der Waals surface area (Å²) in [4.78, 5) is 11.3. The molecule has 0 radical (unpaired) electrons. The maximum atomic E-state index is 6.65. The van der Waals surface area contributed by atoms with E-state index in [1.807, 2.05) is 49.1 Å². The number of benzene rings is 2. The minimum absolute atomic E-state index is 0.142. The molecule has 11 heteroatoms. The summed E-state index contributed by atoms with van der Waals surface area (Å²) >= 11 is 3.37. The number of hydrogen-bond acceptors (Lipinski definition) is 11. The predicted octanol–water partition coefficient (Wildman–Crippen LogP) is 7.87. The van der Waals surface area contributed by atoms with E-state index in [1.165, 1.54) is 9.75 Å². The second-order valence-corrected chi connectivity index (χ2v) is 12.7. The zero-order valence-electron chi connectivity index (χ0n) is 26.8. The van der Waals surface area contributed by atoms with Crippen LogP contribution in [0.1, 0.15) is 70.2 Å². The molecular weight excluding hydrogens is 613 g/mol. The summed E-state index contributed by atoms with van der Waals surface area (Å²) in [6, 6.07) is 7.99. The number of ether oxygens (including phenoxy) is 7. The van der Waals surface area contributed by atoms with Crippen molar-refractivity contribution in [3.05, 3.63) is 67.6 Å². The van der Waals surface area contributed by atoms with Crippen molar-refractivity contribution in [3.63, 3.8) is 0 Å². The van der Waals surface area contributed by atoms with Gasteiger partial charge in [0.15, 0.2) is 23.0 Å². The van der Waals surface area contributed by atoms with E-state index in [2.05, 4.69) is 9.97 Å². The second kappa shape index (κ2) is 15.6. The summed E-state index contributed by atoms with van der Waals surface area (Å²) in [6.45, 7) is 5.18. The summed E-state index contributed by atoms with van der Waals surface area (Å²) in [5.74, 6) is 3.69. The molecule has 0 spiro atoms. The third kappa shape index (κ3) is 7.82. The Morgan fingerprint density at radius 1 is 0.644 bits per heavy atom. The zero-order chi connectivity index (χ0) is 31.8. The molecule has 45 heavy (non-hydrogen) atoms. The monoisotopic (exact) mass is 654 g/mol. The van der Waals surface area contributed by atoms with Gasteiger partial charge in [0.2, 0.25) is 11.5 Å². The van der Waals surface area contributed by atoms with E-state index in [0.29, 0.717) is 47.7 Å². The third-order valence-electron chi connectivity index (χ3n) is 8.00. The first-order valence-corrected chi connectivity index (χ1v) is 16.9.